The van der Waals surface area contributed by atoms with Gasteiger partial charge in [-0.25, -0.2) is 0 Å². The maximum atomic E-state index is 5.89. The molecule has 1 aromatic carbocycles. The summed E-state index contributed by atoms with van der Waals surface area (Å²) in [7, 11) is 3.27. The van der Waals surface area contributed by atoms with Crippen LogP contribution in [0.1, 0.15) is 27.2 Å². The molecule has 1 rings (SSSR count). The Balaban J connectivity index is 2.59. The van der Waals surface area contributed by atoms with Gasteiger partial charge in [0.05, 0.1) is 20.8 Å². The van der Waals surface area contributed by atoms with E-state index in [1.54, 1.807) is 14.2 Å². The highest BCUT2D eigenvalue weighted by molar-refractivity contribution is 5.42. The summed E-state index contributed by atoms with van der Waals surface area (Å²) in [5, 5.41) is 3.43. The number of ether oxygens (including phenoxy) is 3. The molecular formula is C16H27NO3. The van der Waals surface area contributed by atoms with Crippen LogP contribution in [0.2, 0.25) is 0 Å². The fourth-order valence-electron chi connectivity index (χ4n) is 1.80. The predicted octanol–water partition coefficient (Wildman–Crippen LogP) is 3.11. The molecule has 0 saturated carbocycles. The molecule has 4 nitrogen and oxygen atoms in total. The van der Waals surface area contributed by atoms with Gasteiger partial charge in [0.1, 0.15) is 17.2 Å². The molecule has 114 valence electrons. The maximum Gasteiger partial charge on any atom is 0.126 e. The van der Waals surface area contributed by atoms with Crippen LogP contribution < -0.4 is 19.5 Å². The predicted molar refractivity (Wildman–Crippen MR) is 82.0 cm³/mol. The van der Waals surface area contributed by atoms with Crippen molar-refractivity contribution < 1.29 is 14.2 Å². The summed E-state index contributed by atoms with van der Waals surface area (Å²) in [6.07, 6.45) is 1.14. The first-order valence-corrected chi connectivity index (χ1v) is 7.07. The SMILES string of the molecule is CCCNCC(C)(C)COc1cc(OC)cc(OC)c1. The van der Waals surface area contributed by atoms with Crippen LogP contribution in [0.15, 0.2) is 18.2 Å². The van der Waals surface area contributed by atoms with Gasteiger partial charge in [0, 0.05) is 30.2 Å². The highest BCUT2D eigenvalue weighted by Crippen LogP contribution is 2.28. The summed E-state index contributed by atoms with van der Waals surface area (Å²) in [5.41, 5.74) is 0.0749. The normalized spacial score (nSPS) is 11.2. The van der Waals surface area contributed by atoms with Gasteiger partial charge in [0.25, 0.3) is 0 Å². The number of nitrogens with one attached hydrogen (secondary N) is 1. The maximum absolute atomic E-state index is 5.89. The summed E-state index contributed by atoms with van der Waals surface area (Å²) < 4.78 is 16.4. The second-order valence-corrected chi connectivity index (χ2v) is 5.68. The second-order valence-electron chi connectivity index (χ2n) is 5.68. The molecule has 0 aliphatic carbocycles. The fourth-order valence-corrected chi connectivity index (χ4v) is 1.80. The highest BCUT2D eigenvalue weighted by Gasteiger charge is 2.18. The van der Waals surface area contributed by atoms with E-state index in [0.717, 1.165) is 36.8 Å². The number of hydrogen-bond donors (Lipinski definition) is 1. The van der Waals surface area contributed by atoms with Crippen molar-refractivity contribution in [1.82, 2.24) is 5.32 Å². The summed E-state index contributed by atoms with van der Waals surface area (Å²) in [4.78, 5) is 0. The molecule has 1 N–H and O–H groups in total. The van der Waals surface area contributed by atoms with Gasteiger partial charge >= 0.3 is 0 Å². The molecule has 0 saturated heterocycles. The van der Waals surface area contributed by atoms with Gasteiger partial charge in [0.15, 0.2) is 0 Å². The van der Waals surface area contributed by atoms with Gasteiger partial charge in [0.2, 0.25) is 0 Å². The lowest BCUT2D eigenvalue weighted by Crippen LogP contribution is -2.34. The molecule has 0 fully saturated rings. The van der Waals surface area contributed by atoms with Crippen molar-refractivity contribution in [1.29, 1.82) is 0 Å². The molecule has 0 unspecified atom stereocenters. The minimum atomic E-state index is 0.0749. The number of benzene rings is 1. The lowest BCUT2D eigenvalue weighted by molar-refractivity contribution is 0.175. The Morgan fingerprint density at radius 1 is 1.00 bits per heavy atom. The van der Waals surface area contributed by atoms with E-state index in [1.165, 1.54) is 0 Å². The minimum absolute atomic E-state index is 0.0749. The van der Waals surface area contributed by atoms with E-state index < -0.39 is 0 Å². The van der Waals surface area contributed by atoms with E-state index in [-0.39, 0.29) is 5.41 Å². The van der Waals surface area contributed by atoms with Crippen molar-refractivity contribution in [3.05, 3.63) is 18.2 Å². The Morgan fingerprint density at radius 2 is 1.55 bits per heavy atom. The molecule has 0 amide bonds. The van der Waals surface area contributed by atoms with Gasteiger partial charge in [-0.15, -0.1) is 0 Å². The van der Waals surface area contributed by atoms with Crippen LogP contribution in [0.3, 0.4) is 0 Å². The van der Waals surface area contributed by atoms with Gasteiger partial charge in [-0.1, -0.05) is 20.8 Å². The molecular weight excluding hydrogens is 254 g/mol. The van der Waals surface area contributed by atoms with Crippen LogP contribution in [-0.2, 0) is 0 Å². The first-order chi connectivity index (χ1) is 9.50. The van der Waals surface area contributed by atoms with Gasteiger partial charge in [-0.05, 0) is 13.0 Å². The van der Waals surface area contributed by atoms with Crippen molar-refractivity contribution in [2.24, 2.45) is 5.41 Å². The molecule has 4 heteroatoms. The summed E-state index contributed by atoms with van der Waals surface area (Å²) in [6.45, 7) is 9.15. The van der Waals surface area contributed by atoms with Crippen molar-refractivity contribution in [2.75, 3.05) is 33.9 Å². The van der Waals surface area contributed by atoms with Crippen LogP contribution in [-0.4, -0.2) is 33.9 Å². The molecule has 0 aliphatic rings. The van der Waals surface area contributed by atoms with Crippen LogP contribution in [0.4, 0.5) is 0 Å². The van der Waals surface area contributed by atoms with Gasteiger partial charge in [-0.3, -0.25) is 0 Å². The third-order valence-corrected chi connectivity index (χ3v) is 2.98. The first-order valence-electron chi connectivity index (χ1n) is 7.07. The highest BCUT2D eigenvalue weighted by atomic mass is 16.5. The first kappa shape index (κ1) is 16.6. The Morgan fingerprint density at radius 3 is 2.05 bits per heavy atom. The summed E-state index contributed by atoms with van der Waals surface area (Å²) in [5.74, 6) is 2.24. The lowest BCUT2D eigenvalue weighted by atomic mass is 9.95. The molecule has 20 heavy (non-hydrogen) atoms. The molecule has 0 atom stereocenters. The van der Waals surface area contributed by atoms with Crippen LogP contribution in [0, 0.1) is 5.41 Å². The van der Waals surface area contributed by atoms with E-state index in [4.69, 9.17) is 14.2 Å². The van der Waals surface area contributed by atoms with E-state index in [9.17, 15) is 0 Å². The molecule has 0 spiro atoms. The molecule has 0 aromatic heterocycles. The van der Waals surface area contributed by atoms with Crippen molar-refractivity contribution in [3.63, 3.8) is 0 Å². The Labute approximate surface area is 122 Å². The number of rotatable bonds is 9. The quantitative estimate of drug-likeness (QED) is 0.706. The monoisotopic (exact) mass is 281 g/mol. The molecule has 0 heterocycles. The van der Waals surface area contributed by atoms with E-state index in [0.29, 0.717) is 6.61 Å². The van der Waals surface area contributed by atoms with Crippen LogP contribution in [0.5, 0.6) is 17.2 Å². The van der Waals surface area contributed by atoms with Gasteiger partial charge in [-0.2, -0.15) is 0 Å². The number of hydrogen-bond acceptors (Lipinski definition) is 4. The van der Waals surface area contributed by atoms with E-state index >= 15 is 0 Å². The second kappa shape index (κ2) is 8.00. The van der Waals surface area contributed by atoms with E-state index in [1.807, 2.05) is 18.2 Å². The minimum Gasteiger partial charge on any atom is -0.496 e. The topological polar surface area (TPSA) is 39.7 Å². The largest absolute Gasteiger partial charge is 0.496 e. The Kier molecular flexibility index (Phi) is 6.65. The smallest absolute Gasteiger partial charge is 0.126 e. The zero-order chi connectivity index (χ0) is 15.0. The molecule has 0 bridgehead atoms. The third kappa shape index (κ3) is 5.70. The lowest BCUT2D eigenvalue weighted by Gasteiger charge is -2.25. The van der Waals surface area contributed by atoms with Crippen molar-refractivity contribution >= 4 is 0 Å². The van der Waals surface area contributed by atoms with Crippen LogP contribution in [0.25, 0.3) is 0 Å². The molecule has 0 aliphatic heterocycles. The zero-order valence-corrected chi connectivity index (χ0v) is 13.3. The van der Waals surface area contributed by atoms with Crippen molar-refractivity contribution in [2.45, 2.75) is 27.2 Å². The summed E-state index contributed by atoms with van der Waals surface area (Å²) in [6, 6.07) is 5.58. The molecule has 1 aromatic rings. The van der Waals surface area contributed by atoms with E-state index in [2.05, 4.69) is 26.1 Å². The average molecular weight is 281 g/mol. The Hall–Kier alpha value is -1.42. The van der Waals surface area contributed by atoms with Gasteiger partial charge < -0.3 is 19.5 Å². The third-order valence-electron chi connectivity index (χ3n) is 2.98. The fraction of sp³-hybridized carbons (Fsp3) is 0.625. The number of methoxy groups -OCH3 is 2. The van der Waals surface area contributed by atoms with Crippen molar-refractivity contribution in [3.8, 4) is 17.2 Å². The molecule has 0 radical (unpaired) electrons. The standard InChI is InChI=1S/C16H27NO3/c1-6-7-17-11-16(2,3)12-20-15-9-13(18-4)8-14(10-15)19-5/h8-10,17H,6-7,11-12H2,1-5H3. The average Bonchev–Trinajstić information content (AvgIpc) is 2.45. The van der Waals surface area contributed by atoms with Crippen LogP contribution >= 0.6 is 0 Å². The summed E-state index contributed by atoms with van der Waals surface area (Å²) >= 11 is 0. The Bertz CT molecular complexity index is 382. The zero-order valence-electron chi connectivity index (χ0n) is 13.3.